The molecule has 10 heavy (non-hydrogen) atoms. The monoisotopic (exact) mass is 162 g/mol. The maximum Gasteiger partial charge on any atom is 0.212 e. The van der Waals surface area contributed by atoms with Gasteiger partial charge in [-0.2, -0.15) is 4.39 Å². The number of hydrogen-bond acceptors (Lipinski definition) is 2. The van der Waals surface area contributed by atoms with E-state index in [1.165, 1.54) is 12.3 Å². The van der Waals surface area contributed by atoms with Crippen molar-refractivity contribution in [2.24, 2.45) is 5.73 Å². The molecule has 0 unspecified atom stereocenters. The van der Waals surface area contributed by atoms with Crippen molar-refractivity contribution < 1.29 is 4.39 Å². The summed E-state index contributed by atoms with van der Waals surface area (Å²) in [6.07, 6.45) is 1.43. The van der Waals surface area contributed by atoms with E-state index < -0.39 is 5.95 Å². The predicted molar refractivity (Wildman–Crippen MR) is 39.3 cm³/mol. The maximum atomic E-state index is 12.1. The molecule has 0 spiro atoms. The molecule has 0 bridgehead atoms. The van der Waals surface area contributed by atoms with E-state index in [0.29, 0.717) is 6.54 Å². The van der Waals surface area contributed by atoms with Crippen LogP contribution in [0.15, 0.2) is 18.3 Å². The lowest BCUT2D eigenvalue weighted by atomic mass is 10.3. The first-order chi connectivity index (χ1) is 4.33. The highest BCUT2D eigenvalue weighted by Gasteiger charge is 1.89. The summed E-state index contributed by atoms with van der Waals surface area (Å²) in [6.45, 7) is 0.410. The van der Waals surface area contributed by atoms with Crippen LogP contribution in [-0.2, 0) is 6.54 Å². The van der Waals surface area contributed by atoms with Crippen molar-refractivity contribution in [1.29, 1.82) is 0 Å². The summed E-state index contributed by atoms with van der Waals surface area (Å²) >= 11 is 0. The van der Waals surface area contributed by atoms with Crippen molar-refractivity contribution in [3.63, 3.8) is 0 Å². The summed E-state index contributed by atoms with van der Waals surface area (Å²) in [5, 5.41) is 0. The van der Waals surface area contributed by atoms with Gasteiger partial charge in [0.15, 0.2) is 0 Å². The summed E-state index contributed by atoms with van der Waals surface area (Å²) in [5.74, 6) is -0.466. The van der Waals surface area contributed by atoms with Crippen molar-refractivity contribution in [2.75, 3.05) is 0 Å². The van der Waals surface area contributed by atoms with Crippen molar-refractivity contribution in [2.45, 2.75) is 6.54 Å². The average molecular weight is 163 g/mol. The largest absolute Gasteiger partial charge is 0.326 e. The van der Waals surface area contributed by atoms with Gasteiger partial charge >= 0.3 is 0 Å². The predicted octanol–water partition coefficient (Wildman–Crippen LogP) is 1.10. The number of rotatable bonds is 1. The second-order valence-corrected chi connectivity index (χ2v) is 1.69. The van der Waals surface area contributed by atoms with E-state index in [2.05, 4.69) is 4.98 Å². The molecule has 1 rings (SSSR count). The van der Waals surface area contributed by atoms with Gasteiger partial charge in [-0.25, -0.2) is 4.98 Å². The van der Waals surface area contributed by atoms with Crippen LogP contribution < -0.4 is 5.73 Å². The molecule has 0 aliphatic heterocycles. The van der Waals surface area contributed by atoms with E-state index in [0.717, 1.165) is 5.56 Å². The van der Waals surface area contributed by atoms with Gasteiger partial charge in [0, 0.05) is 12.7 Å². The molecular formula is C6H8ClFN2. The molecule has 0 atom stereocenters. The minimum absolute atomic E-state index is 0. The third-order valence-electron chi connectivity index (χ3n) is 1.02. The molecule has 0 aliphatic carbocycles. The van der Waals surface area contributed by atoms with Crippen molar-refractivity contribution in [3.8, 4) is 0 Å². The van der Waals surface area contributed by atoms with Crippen LogP contribution >= 0.6 is 12.4 Å². The van der Waals surface area contributed by atoms with Gasteiger partial charge in [0.2, 0.25) is 5.95 Å². The van der Waals surface area contributed by atoms with Crippen LogP contribution in [0.2, 0.25) is 0 Å². The molecule has 4 heteroatoms. The van der Waals surface area contributed by atoms with Gasteiger partial charge in [-0.05, 0) is 11.6 Å². The maximum absolute atomic E-state index is 12.1. The molecule has 0 aromatic carbocycles. The Morgan fingerprint density at radius 1 is 1.50 bits per heavy atom. The van der Waals surface area contributed by atoms with Gasteiger partial charge in [-0.1, -0.05) is 6.07 Å². The Bertz CT molecular complexity index is 187. The lowest BCUT2D eigenvalue weighted by Crippen LogP contribution is -1.96. The van der Waals surface area contributed by atoms with E-state index in [4.69, 9.17) is 5.73 Å². The lowest BCUT2D eigenvalue weighted by molar-refractivity contribution is 0.582. The first-order valence-corrected chi connectivity index (χ1v) is 2.63. The highest BCUT2D eigenvalue weighted by atomic mass is 35.5. The summed E-state index contributed by atoms with van der Waals surface area (Å²) in [7, 11) is 0. The molecule has 0 radical (unpaired) electrons. The molecule has 0 saturated carbocycles. The Morgan fingerprint density at radius 2 is 2.20 bits per heavy atom. The van der Waals surface area contributed by atoms with Gasteiger partial charge in [0.05, 0.1) is 0 Å². The second-order valence-electron chi connectivity index (χ2n) is 1.69. The van der Waals surface area contributed by atoms with Crippen LogP contribution in [0.3, 0.4) is 0 Å². The van der Waals surface area contributed by atoms with Gasteiger partial charge < -0.3 is 5.73 Å². The molecular weight excluding hydrogens is 155 g/mol. The standard InChI is InChI=1S/C6H7FN2.ClH/c7-6-2-1-5(3-8)4-9-6;/h1-2,4H,3,8H2;1H. The quantitative estimate of drug-likeness (QED) is 0.629. The average Bonchev–Trinajstić information content (AvgIpc) is 1.90. The third-order valence-corrected chi connectivity index (χ3v) is 1.02. The summed E-state index contributed by atoms with van der Waals surface area (Å²) in [5.41, 5.74) is 6.08. The van der Waals surface area contributed by atoms with Crippen LogP contribution in [0.1, 0.15) is 5.56 Å². The smallest absolute Gasteiger partial charge is 0.212 e. The Kier molecular flexibility index (Phi) is 3.91. The second kappa shape index (κ2) is 4.19. The molecule has 0 amide bonds. The summed E-state index contributed by atoms with van der Waals surface area (Å²) in [4.78, 5) is 3.40. The van der Waals surface area contributed by atoms with Crippen molar-refractivity contribution in [1.82, 2.24) is 4.98 Å². The zero-order valence-corrected chi connectivity index (χ0v) is 6.07. The molecule has 0 fully saturated rings. The fourth-order valence-electron chi connectivity index (χ4n) is 0.527. The van der Waals surface area contributed by atoms with E-state index in [1.54, 1.807) is 6.07 Å². The fourth-order valence-corrected chi connectivity index (χ4v) is 0.527. The highest BCUT2D eigenvalue weighted by Crippen LogP contribution is 1.95. The van der Waals surface area contributed by atoms with Crippen molar-refractivity contribution in [3.05, 3.63) is 29.8 Å². The topological polar surface area (TPSA) is 38.9 Å². The van der Waals surface area contributed by atoms with E-state index in [1.807, 2.05) is 0 Å². The SMILES string of the molecule is Cl.NCc1ccc(F)nc1. The van der Waals surface area contributed by atoms with Crippen molar-refractivity contribution >= 4 is 12.4 Å². The zero-order valence-electron chi connectivity index (χ0n) is 5.25. The fraction of sp³-hybridized carbons (Fsp3) is 0.167. The van der Waals surface area contributed by atoms with E-state index in [-0.39, 0.29) is 12.4 Å². The molecule has 1 aromatic heterocycles. The van der Waals surface area contributed by atoms with Gasteiger partial charge in [-0.15, -0.1) is 12.4 Å². The van der Waals surface area contributed by atoms with Gasteiger partial charge in [0.1, 0.15) is 0 Å². The van der Waals surface area contributed by atoms with Crippen LogP contribution in [0, 0.1) is 5.95 Å². The van der Waals surface area contributed by atoms with E-state index in [9.17, 15) is 4.39 Å². The molecule has 56 valence electrons. The molecule has 2 N–H and O–H groups in total. The minimum atomic E-state index is -0.466. The highest BCUT2D eigenvalue weighted by molar-refractivity contribution is 5.85. The van der Waals surface area contributed by atoms with Crippen LogP contribution in [0.5, 0.6) is 0 Å². The normalized spacial score (nSPS) is 8.60. The third kappa shape index (κ3) is 2.29. The summed E-state index contributed by atoms with van der Waals surface area (Å²) in [6, 6.07) is 2.91. The molecule has 1 aromatic rings. The Balaban J connectivity index is 0.000000810. The minimum Gasteiger partial charge on any atom is -0.326 e. The van der Waals surface area contributed by atoms with Gasteiger partial charge in [-0.3, -0.25) is 0 Å². The van der Waals surface area contributed by atoms with E-state index >= 15 is 0 Å². The first kappa shape index (κ1) is 9.33. The Labute approximate surface area is 64.7 Å². The molecule has 0 aliphatic rings. The van der Waals surface area contributed by atoms with Crippen LogP contribution in [0.4, 0.5) is 4.39 Å². The lowest BCUT2D eigenvalue weighted by Gasteiger charge is -1.91. The number of nitrogens with two attached hydrogens (primary N) is 1. The number of hydrogen-bond donors (Lipinski definition) is 1. The molecule has 1 heterocycles. The van der Waals surface area contributed by atoms with Crippen LogP contribution in [-0.4, -0.2) is 4.98 Å². The number of halogens is 2. The summed E-state index contributed by atoms with van der Waals surface area (Å²) < 4.78 is 12.1. The number of aromatic nitrogens is 1. The Morgan fingerprint density at radius 3 is 2.60 bits per heavy atom. The zero-order chi connectivity index (χ0) is 6.69. The van der Waals surface area contributed by atoms with Gasteiger partial charge in [0.25, 0.3) is 0 Å². The molecule has 0 saturated heterocycles. The first-order valence-electron chi connectivity index (χ1n) is 2.63. The number of pyridine rings is 1. The Hall–Kier alpha value is -0.670. The number of nitrogens with zero attached hydrogens (tertiary/aromatic N) is 1. The molecule has 2 nitrogen and oxygen atoms in total. The van der Waals surface area contributed by atoms with Crippen LogP contribution in [0.25, 0.3) is 0 Å².